The molecule has 7 nitrogen and oxygen atoms in total. The maximum absolute atomic E-state index is 12.6. The zero-order valence-corrected chi connectivity index (χ0v) is 18.8. The molecule has 0 aromatic heterocycles. The summed E-state index contributed by atoms with van der Waals surface area (Å²) < 4.78 is 5.27. The van der Waals surface area contributed by atoms with Crippen LogP contribution in [-0.2, 0) is 9.59 Å². The van der Waals surface area contributed by atoms with Gasteiger partial charge in [0, 0.05) is 57.9 Å². The van der Waals surface area contributed by atoms with Crippen LogP contribution < -0.4 is 9.64 Å². The highest BCUT2D eigenvalue weighted by molar-refractivity contribution is 5.85. The number of anilines is 1. The predicted octanol–water partition coefficient (Wildman–Crippen LogP) is 2.07. The third kappa shape index (κ3) is 5.70. The molecule has 3 aliphatic rings. The van der Waals surface area contributed by atoms with Crippen LogP contribution in [0, 0.1) is 5.92 Å². The van der Waals surface area contributed by atoms with Crippen LogP contribution in [0.3, 0.4) is 0 Å². The first-order valence-electron chi connectivity index (χ1n) is 11.8. The van der Waals surface area contributed by atoms with Crippen LogP contribution in [0.25, 0.3) is 0 Å². The molecule has 0 bridgehead atoms. The first-order valence-corrected chi connectivity index (χ1v) is 11.8. The van der Waals surface area contributed by atoms with Gasteiger partial charge in [-0.15, -0.1) is 0 Å². The van der Waals surface area contributed by atoms with Gasteiger partial charge >= 0.3 is 0 Å². The van der Waals surface area contributed by atoms with Gasteiger partial charge in [-0.3, -0.25) is 9.59 Å². The Morgan fingerprint density at radius 1 is 0.968 bits per heavy atom. The second kappa shape index (κ2) is 10.4. The molecule has 3 fully saturated rings. The van der Waals surface area contributed by atoms with Crippen molar-refractivity contribution in [2.75, 3.05) is 70.9 Å². The highest BCUT2D eigenvalue weighted by atomic mass is 16.5. The van der Waals surface area contributed by atoms with Crippen molar-refractivity contribution in [3.63, 3.8) is 0 Å². The van der Waals surface area contributed by atoms with Crippen molar-refractivity contribution in [1.82, 2.24) is 14.7 Å². The Hall–Kier alpha value is -2.28. The van der Waals surface area contributed by atoms with Crippen LogP contribution in [-0.4, -0.2) is 92.5 Å². The fourth-order valence-corrected chi connectivity index (χ4v) is 5.07. The van der Waals surface area contributed by atoms with E-state index < -0.39 is 0 Å². The highest BCUT2D eigenvalue weighted by Crippen LogP contribution is 2.23. The maximum atomic E-state index is 12.6. The number of ether oxygens (including phenoxy) is 1. The summed E-state index contributed by atoms with van der Waals surface area (Å²) in [5.74, 6) is 1.81. The lowest BCUT2D eigenvalue weighted by Crippen LogP contribution is -2.46. The van der Waals surface area contributed by atoms with Crippen LogP contribution in [0.15, 0.2) is 24.3 Å². The fourth-order valence-electron chi connectivity index (χ4n) is 5.07. The van der Waals surface area contributed by atoms with Crippen molar-refractivity contribution in [2.45, 2.75) is 32.1 Å². The third-order valence-electron chi connectivity index (χ3n) is 7.01. The van der Waals surface area contributed by atoms with E-state index in [4.69, 9.17) is 4.74 Å². The van der Waals surface area contributed by atoms with Gasteiger partial charge in [0.05, 0.1) is 13.7 Å². The van der Waals surface area contributed by atoms with E-state index in [1.807, 2.05) is 17.0 Å². The van der Waals surface area contributed by atoms with Gasteiger partial charge < -0.3 is 24.3 Å². The van der Waals surface area contributed by atoms with E-state index in [9.17, 15) is 9.59 Å². The summed E-state index contributed by atoms with van der Waals surface area (Å²) in [5.41, 5.74) is 1.27. The Bertz CT molecular complexity index is 746. The Labute approximate surface area is 185 Å². The van der Waals surface area contributed by atoms with E-state index in [1.165, 1.54) is 12.1 Å². The van der Waals surface area contributed by atoms with Crippen LogP contribution in [0.2, 0.25) is 0 Å². The lowest BCUT2D eigenvalue weighted by molar-refractivity contribution is -0.139. The molecule has 170 valence electrons. The molecule has 3 aliphatic heterocycles. The Morgan fingerprint density at radius 2 is 1.74 bits per heavy atom. The molecule has 1 aromatic carbocycles. The number of likely N-dealkylation sites (tertiary alicyclic amines) is 2. The molecule has 0 unspecified atom stereocenters. The van der Waals surface area contributed by atoms with E-state index in [1.54, 1.807) is 12.0 Å². The van der Waals surface area contributed by atoms with Gasteiger partial charge in [0.2, 0.25) is 11.8 Å². The summed E-state index contributed by atoms with van der Waals surface area (Å²) in [6.45, 7) is 8.17. The van der Waals surface area contributed by atoms with Crippen LogP contribution in [0.1, 0.15) is 32.1 Å². The number of hydrogen-bond acceptors (Lipinski definition) is 5. The Morgan fingerprint density at radius 3 is 2.42 bits per heavy atom. The van der Waals surface area contributed by atoms with Crippen LogP contribution >= 0.6 is 0 Å². The summed E-state index contributed by atoms with van der Waals surface area (Å²) in [4.78, 5) is 33.1. The minimum Gasteiger partial charge on any atom is -0.497 e. The molecule has 7 heteroatoms. The molecule has 3 heterocycles. The Balaban J connectivity index is 1.20. The summed E-state index contributed by atoms with van der Waals surface area (Å²) >= 11 is 0. The summed E-state index contributed by atoms with van der Waals surface area (Å²) in [7, 11) is 1.70. The number of hydrogen-bond donors (Lipinski definition) is 0. The number of methoxy groups -OCH3 is 1. The molecule has 2 amide bonds. The van der Waals surface area contributed by atoms with E-state index in [0.717, 1.165) is 77.4 Å². The Kier molecular flexibility index (Phi) is 7.33. The molecule has 0 saturated carbocycles. The number of piperidine rings is 1. The van der Waals surface area contributed by atoms with Gasteiger partial charge in [0.25, 0.3) is 0 Å². The van der Waals surface area contributed by atoms with Crippen molar-refractivity contribution in [3.05, 3.63) is 24.3 Å². The average molecular weight is 429 g/mol. The molecular weight excluding hydrogens is 392 g/mol. The van der Waals surface area contributed by atoms with Gasteiger partial charge in [0.15, 0.2) is 0 Å². The van der Waals surface area contributed by atoms with Crippen LogP contribution in [0.4, 0.5) is 5.69 Å². The number of rotatable bonds is 6. The van der Waals surface area contributed by atoms with E-state index in [2.05, 4.69) is 21.9 Å². The van der Waals surface area contributed by atoms with E-state index >= 15 is 0 Å². The molecule has 0 atom stereocenters. The second-order valence-electron chi connectivity index (χ2n) is 9.08. The van der Waals surface area contributed by atoms with Crippen molar-refractivity contribution in [2.24, 2.45) is 5.92 Å². The fraction of sp³-hybridized carbons (Fsp3) is 0.667. The van der Waals surface area contributed by atoms with Gasteiger partial charge in [-0.2, -0.15) is 0 Å². The SMILES string of the molecule is COc1ccc(N2CCCN(CC3CCN(C(=O)CN4CCCC4=O)CC3)CC2)cc1. The maximum Gasteiger partial charge on any atom is 0.242 e. The van der Waals surface area contributed by atoms with Crippen LogP contribution in [0.5, 0.6) is 5.75 Å². The molecular formula is C24H36N4O3. The molecule has 0 N–H and O–H groups in total. The lowest BCUT2D eigenvalue weighted by Gasteiger charge is -2.35. The number of carbonyl (C=O) groups excluding carboxylic acids is 2. The topological polar surface area (TPSA) is 56.3 Å². The van der Waals surface area contributed by atoms with Crippen molar-refractivity contribution in [3.8, 4) is 5.75 Å². The van der Waals surface area contributed by atoms with E-state index in [-0.39, 0.29) is 18.4 Å². The minimum absolute atomic E-state index is 0.124. The zero-order valence-electron chi connectivity index (χ0n) is 18.8. The third-order valence-corrected chi connectivity index (χ3v) is 7.01. The van der Waals surface area contributed by atoms with Crippen molar-refractivity contribution >= 4 is 17.5 Å². The molecule has 1 aromatic rings. The average Bonchev–Trinajstić information content (AvgIpc) is 3.06. The predicted molar refractivity (Wildman–Crippen MR) is 121 cm³/mol. The standard InChI is InChI=1S/C24H36N4O3/c1-31-22-7-5-21(6-8-22)26-13-3-11-25(16-17-26)18-20-9-14-27(15-10-20)24(30)19-28-12-2-4-23(28)29/h5-8,20H,2-4,9-19H2,1H3. The normalized spacial score (nSPS) is 21.5. The van der Waals surface area contributed by atoms with Gasteiger partial charge in [-0.1, -0.05) is 0 Å². The summed E-state index contributed by atoms with van der Waals surface area (Å²) in [6.07, 6.45) is 4.80. The van der Waals surface area contributed by atoms with Crippen molar-refractivity contribution < 1.29 is 14.3 Å². The first kappa shape index (κ1) is 21.9. The number of amides is 2. The second-order valence-corrected chi connectivity index (χ2v) is 9.08. The lowest BCUT2D eigenvalue weighted by atomic mass is 9.96. The van der Waals surface area contributed by atoms with Gasteiger partial charge in [-0.25, -0.2) is 0 Å². The smallest absolute Gasteiger partial charge is 0.242 e. The largest absolute Gasteiger partial charge is 0.497 e. The molecule has 0 aliphatic carbocycles. The van der Waals surface area contributed by atoms with Crippen molar-refractivity contribution in [1.29, 1.82) is 0 Å². The van der Waals surface area contributed by atoms with Gasteiger partial charge in [-0.05, 0) is 62.4 Å². The number of nitrogens with zero attached hydrogens (tertiary/aromatic N) is 4. The molecule has 0 radical (unpaired) electrons. The van der Waals surface area contributed by atoms with E-state index in [0.29, 0.717) is 12.3 Å². The highest BCUT2D eigenvalue weighted by Gasteiger charge is 2.28. The quantitative estimate of drug-likeness (QED) is 0.694. The monoisotopic (exact) mass is 428 g/mol. The molecule has 3 saturated heterocycles. The first-order chi connectivity index (χ1) is 15.1. The number of carbonyl (C=O) groups is 2. The minimum atomic E-state index is 0.124. The zero-order chi connectivity index (χ0) is 21.6. The molecule has 31 heavy (non-hydrogen) atoms. The number of benzene rings is 1. The summed E-state index contributed by atoms with van der Waals surface area (Å²) in [5, 5.41) is 0. The molecule has 4 rings (SSSR count). The van der Waals surface area contributed by atoms with Gasteiger partial charge in [0.1, 0.15) is 5.75 Å². The molecule has 0 spiro atoms. The summed E-state index contributed by atoms with van der Waals surface area (Å²) in [6, 6.07) is 8.37.